The summed E-state index contributed by atoms with van der Waals surface area (Å²) in [7, 11) is 0. The maximum absolute atomic E-state index is 5.76. The lowest BCUT2D eigenvalue weighted by Crippen LogP contribution is -2.37. The van der Waals surface area contributed by atoms with E-state index in [1.165, 1.54) is 11.1 Å². The summed E-state index contributed by atoms with van der Waals surface area (Å²) in [5.41, 5.74) is 3.55. The predicted molar refractivity (Wildman–Crippen MR) is 80.7 cm³/mol. The number of nitrogens with one attached hydrogen (secondary N) is 1. The molecule has 0 saturated carbocycles. The van der Waals surface area contributed by atoms with Gasteiger partial charge in [-0.1, -0.05) is 12.1 Å². The van der Waals surface area contributed by atoms with Crippen LogP contribution in [0.4, 0.5) is 0 Å². The summed E-state index contributed by atoms with van der Waals surface area (Å²) >= 11 is 0. The lowest BCUT2D eigenvalue weighted by Gasteiger charge is -2.19. The van der Waals surface area contributed by atoms with E-state index in [2.05, 4.69) is 56.2 Å². The molecule has 0 atom stereocenters. The fourth-order valence-corrected chi connectivity index (χ4v) is 1.99. The summed E-state index contributed by atoms with van der Waals surface area (Å²) in [5.74, 6) is 1.29. The van der Waals surface area contributed by atoms with Gasteiger partial charge >= 0.3 is 0 Å². The van der Waals surface area contributed by atoms with Crippen LogP contribution in [0.1, 0.15) is 37.8 Å². The number of benzene rings is 1. The van der Waals surface area contributed by atoms with Crippen molar-refractivity contribution in [3.05, 3.63) is 35.2 Å². The van der Waals surface area contributed by atoms with E-state index in [1.54, 1.807) is 0 Å². The zero-order valence-corrected chi connectivity index (χ0v) is 12.9. The molecule has 2 rings (SSSR count). The molecule has 4 heteroatoms. The molecule has 0 aliphatic rings. The van der Waals surface area contributed by atoms with E-state index in [1.807, 2.05) is 12.1 Å². The largest absolute Gasteiger partial charge is 0.421 e. The Morgan fingerprint density at radius 2 is 1.90 bits per heavy atom. The van der Waals surface area contributed by atoms with E-state index in [-0.39, 0.29) is 5.54 Å². The van der Waals surface area contributed by atoms with Gasteiger partial charge < -0.3 is 9.73 Å². The van der Waals surface area contributed by atoms with Crippen molar-refractivity contribution in [2.45, 2.75) is 46.6 Å². The molecule has 0 aliphatic carbocycles. The van der Waals surface area contributed by atoms with Crippen molar-refractivity contribution < 1.29 is 4.42 Å². The zero-order valence-electron chi connectivity index (χ0n) is 12.9. The van der Waals surface area contributed by atoms with Gasteiger partial charge in [-0.15, -0.1) is 10.2 Å². The fourth-order valence-electron chi connectivity index (χ4n) is 1.99. The first kappa shape index (κ1) is 14.7. The molecule has 20 heavy (non-hydrogen) atoms. The van der Waals surface area contributed by atoms with Gasteiger partial charge in [-0.2, -0.15) is 0 Å². The smallest absolute Gasteiger partial charge is 0.248 e. The second-order valence-electron chi connectivity index (χ2n) is 6.18. The lowest BCUT2D eigenvalue weighted by molar-refractivity contribution is 0.412. The molecule has 108 valence electrons. The first-order valence-electron chi connectivity index (χ1n) is 7.01. The quantitative estimate of drug-likeness (QED) is 0.928. The Morgan fingerprint density at radius 3 is 2.60 bits per heavy atom. The molecular weight excluding hydrogens is 250 g/mol. The number of rotatable bonds is 4. The Hall–Kier alpha value is -1.68. The molecule has 0 saturated heterocycles. The van der Waals surface area contributed by atoms with Gasteiger partial charge in [0, 0.05) is 24.1 Å². The van der Waals surface area contributed by atoms with Crippen molar-refractivity contribution >= 4 is 0 Å². The average molecular weight is 273 g/mol. The summed E-state index contributed by atoms with van der Waals surface area (Å²) in [6, 6.07) is 6.12. The Bertz CT molecular complexity index is 582. The number of nitrogens with zero attached hydrogens (tertiary/aromatic N) is 2. The minimum Gasteiger partial charge on any atom is -0.421 e. The van der Waals surface area contributed by atoms with Gasteiger partial charge in [0.25, 0.3) is 0 Å². The van der Waals surface area contributed by atoms with Crippen LogP contribution in [-0.4, -0.2) is 22.3 Å². The predicted octanol–water partition coefficient (Wildman–Crippen LogP) is 3.28. The molecule has 0 fully saturated rings. The maximum Gasteiger partial charge on any atom is 0.248 e. The highest BCUT2D eigenvalue weighted by atomic mass is 16.4. The summed E-state index contributed by atoms with van der Waals surface area (Å²) in [6.07, 6.45) is 0.745. The van der Waals surface area contributed by atoms with Crippen LogP contribution in [0.25, 0.3) is 11.5 Å². The van der Waals surface area contributed by atoms with Crippen molar-refractivity contribution in [3.8, 4) is 11.5 Å². The highest BCUT2D eigenvalue weighted by molar-refractivity contribution is 5.59. The van der Waals surface area contributed by atoms with E-state index in [0.717, 1.165) is 18.5 Å². The van der Waals surface area contributed by atoms with Crippen LogP contribution >= 0.6 is 0 Å². The minimum atomic E-state index is 0.107. The van der Waals surface area contributed by atoms with Crippen LogP contribution in [0.2, 0.25) is 0 Å². The molecule has 0 unspecified atom stereocenters. The molecular formula is C16H23N3O. The number of aryl methyl sites for hydroxylation is 1. The molecule has 0 bridgehead atoms. The Kier molecular flexibility index (Phi) is 4.23. The third-order valence-corrected chi connectivity index (χ3v) is 3.30. The molecule has 0 spiro atoms. The fraction of sp³-hybridized carbons (Fsp3) is 0.500. The van der Waals surface area contributed by atoms with E-state index >= 15 is 0 Å². The van der Waals surface area contributed by atoms with Crippen molar-refractivity contribution in [1.29, 1.82) is 0 Å². The highest BCUT2D eigenvalue weighted by Crippen LogP contribution is 2.24. The number of hydrogen-bond acceptors (Lipinski definition) is 4. The van der Waals surface area contributed by atoms with E-state index in [9.17, 15) is 0 Å². The van der Waals surface area contributed by atoms with Crippen LogP contribution < -0.4 is 5.32 Å². The van der Waals surface area contributed by atoms with Gasteiger partial charge in [0.2, 0.25) is 11.8 Å². The second-order valence-corrected chi connectivity index (χ2v) is 6.18. The normalized spacial score (nSPS) is 11.8. The molecule has 0 aliphatic heterocycles. The molecule has 1 N–H and O–H groups in total. The van der Waals surface area contributed by atoms with Gasteiger partial charge in [0.15, 0.2) is 0 Å². The number of aromatic nitrogens is 2. The SMILES string of the molecule is Cc1cccc(-c2nnc(CCNC(C)(C)C)o2)c1C. The first-order chi connectivity index (χ1) is 9.37. The zero-order chi connectivity index (χ0) is 14.8. The van der Waals surface area contributed by atoms with Crippen molar-refractivity contribution in [3.63, 3.8) is 0 Å². The van der Waals surface area contributed by atoms with Crippen molar-refractivity contribution in [2.75, 3.05) is 6.54 Å². The van der Waals surface area contributed by atoms with Gasteiger partial charge in [-0.05, 0) is 51.8 Å². The third-order valence-electron chi connectivity index (χ3n) is 3.30. The summed E-state index contributed by atoms with van der Waals surface area (Å²) in [6.45, 7) is 11.4. The molecule has 1 heterocycles. The van der Waals surface area contributed by atoms with Crippen LogP contribution in [0.15, 0.2) is 22.6 Å². The Labute approximate surface area is 120 Å². The molecule has 0 amide bonds. The van der Waals surface area contributed by atoms with Gasteiger partial charge in [0.05, 0.1) is 0 Å². The first-order valence-corrected chi connectivity index (χ1v) is 7.01. The van der Waals surface area contributed by atoms with Crippen LogP contribution in [0.5, 0.6) is 0 Å². The molecule has 0 radical (unpaired) electrons. The van der Waals surface area contributed by atoms with Crippen LogP contribution in [0, 0.1) is 13.8 Å². The Morgan fingerprint density at radius 1 is 1.15 bits per heavy atom. The van der Waals surface area contributed by atoms with Gasteiger partial charge in [-0.25, -0.2) is 0 Å². The monoisotopic (exact) mass is 273 g/mol. The average Bonchev–Trinajstić information content (AvgIpc) is 2.79. The van der Waals surface area contributed by atoms with Gasteiger partial charge in [-0.3, -0.25) is 0 Å². The van der Waals surface area contributed by atoms with Crippen molar-refractivity contribution in [2.24, 2.45) is 0 Å². The minimum absolute atomic E-state index is 0.107. The van der Waals surface area contributed by atoms with E-state index in [4.69, 9.17) is 4.42 Å². The summed E-state index contributed by atoms with van der Waals surface area (Å²) in [5, 5.41) is 11.7. The Balaban J connectivity index is 2.07. The topological polar surface area (TPSA) is 51.0 Å². The second kappa shape index (κ2) is 5.75. The molecule has 1 aromatic carbocycles. The highest BCUT2D eigenvalue weighted by Gasteiger charge is 2.13. The molecule has 1 aromatic heterocycles. The third kappa shape index (κ3) is 3.67. The molecule has 4 nitrogen and oxygen atoms in total. The molecule has 2 aromatic rings. The lowest BCUT2D eigenvalue weighted by atomic mass is 10.0. The van der Waals surface area contributed by atoms with Crippen LogP contribution in [0.3, 0.4) is 0 Å². The van der Waals surface area contributed by atoms with Crippen molar-refractivity contribution in [1.82, 2.24) is 15.5 Å². The van der Waals surface area contributed by atoms with Crippen LogP contribution in [-0.2, 0) is 6.42 Å². The summed E-state index contributed by atoms with van der Waals surface area (Å²) in [4.78, 5) is 0. The van der Waals surface area contributed by atoms with Gasteiger partial charge in [0.1, 0.15) is 0 Å². The van der Waals surface area contributed by atoms with E-state index in [0.29, 0.717) is 11.8 Å². The maximum atomic E-state index is 5.76. The summed E-state index contributed by atoms with van der Waals surface area (Å²) < 4.78 is 5.76. The standard InChI is InChI=1S/C16H23N3O/c1-11-7-6-8-13(12(11)2)15-19-18-14(20-15)9-10-17-16(3,4)5/h6-8,17H,9-10H2,1-5H3. The number of hydrogen-bond donors (Lipinski definition) is 1. The van der Waals surface area contributed by atoms with E-state index < -0.39 is 0 Å².